The van der Waals surface area contributed by atoms with Gasteiger partial charge in [0.15, 0.2) is 5.82 Å². The summed E-state index contributed by atoms with van der Waals surface area (Å²) in [5, 5.41) is 9.98. The first kappa shape index (κ1) is 28.1. The third-order valence-electron chi connectivity index (χ3n) is 10.9. The van der Waals surface area contributed by atoms with Crippen LogP contribution in [0.5, 0.6) is 0 Å². The van der Waals surface area contributed by atoms with Crippen LogP contribution in [-0.4, -0.2) is 18.7 Å². The van der Waals surface area contributed by atoms with Crippen LogP contribution in [0.3, 0.4) is 0 Å². The maximum absolute atomic E-state index is 5.03. The fourth-order valence-electron chi connectivity index (χ4n) is 8.71. The summed E-state index contributed by atoms with van der Waals surface area (Å²) in [7, 11) is 0. The molecule has 5 aromatic heterocycles. The molecule has 5 heteroatoms. The third-order valence-corrected chi connectivity index (χ3v) is 12.1. The van der Waals surface area contributed by atoms with Gasteiger partial charge in [0.25, 0.3) is 0 Å². The molecular weight excluding hydrogens is 653 g/mol. The number of aromatic nitrogens is 4. The summed E-state index contributed by atoms with van der Waals surface area (Å²) in [4.78, 5) is 5.03. The molecule has 0 amide bonds. The van der Waals surface area contributed by atoms with Gasteiger partial charge in [-0.15, -0.1) is 11.3 Å². The highest BCUT2D eigenvalue weighted by Crippen LogP contribution is 2.42. The van der Waals surface area contributed by atoms with Crippen LogP contribution >= 0.6 is 11.3 Å². The van der Waals surface area contributed by atoms with E-state index in [1.165, 1.54) is 85.6 Å². The Hall–Kier alpha value is -6.69. The molecule has 0 unspecified atom stereocenters. The van der Waals surface area contributed by atoms with Crippen molar-refractivity contribution >= 4 is 96.9 Å². The molecule has 5 heterocycles. The minimum absolute atomic E-state index is 0.979. The average Bonchev–Trinajstić information content (AvgIpc) is 3.94. The normalized spacial score (nSPS) is 12.2. The number of rotatable bonds is 3. The molecule has 242 valence electrons. The molecule has 0 atom stereocenters. The molecule has 0 aliphatic heterocycles. The highest BCUT2D eigenvalue weighted by atomic mass is 32.1. The summed E-state index contributed by atoms with van der Waals surface area (Å²) in [6.45, 7) is 0. The molecular formula is C47H28N4S. The SMILES string of the molecule is c1ccc2c(c1)c1ccccc1n2-c1ccc2c(c1)c1ccccc1n2-c1ccc2sc3c(-n4c5ccccc5c5ccccc54)nccc3c2c1. The van der Waals surface area contributed by atoms with Crippen molar-refractivity contribution in [3.05, 3.63) is 170 Å². The summed E-state index contributed by atoms with van der Waals surface area (Å²) in [6, 6.07) is 59.6. The largest absolute Gasteiger partial charge is 0.309 e. The Kier molecular flexibility index (Phi) is 5.62. The van der Waals surface area contributed by atoms with Gasteiger partial charge in [0, 0.05) is 65.4 Å². The van der Waals surface area contributed by atoms with Crippen LogP contribution in [-0.2, 0) is 0 Å². The quantitative estimate of drug-likeness (QED) is 0.182. The molecule has 0 fully saturated rings. The first-order valence-corrected chi connectivity index (χ1v) is 18.5. The van der Waals surface area contributed by atoms with Crippen molar-refractivity contribution in [2.24, 2.45) is 0 Å². The maximum Gasteiger partial charge on any atom is 0.155 e. The molecule has 0 saturated heterocycles. The van der Waals surface area contributed by atoms with Crippen LogP contribution in [0.2, 0.25) is 0 Å². The number of fused-ring (bicyclic) bond motifs is 12. The van der Waals surface area contributed by atoms with Gasteiger partial charge in [-0.1, -0.05) is 91.0 Å². The molecule has 0 saturated carbocycles. The van der Waals surface area contributed by atoms with Crippen LogP contribution in [0.1, 0.15) is 0 Å². The summed E-state index contributed by atoms with van der Waals surface area (Å²) in [5.41, 5.74) is 9.49. The first-order valence-electron chi connectivity index (χ1n) is 17.6. The highest BCUT2D eigenvalue weighted by molar-refractivity contribution is 7.26. The van der Waals surface area contributed by atoms with Crippen molar-refractivity contribution < 1.29 is 0 Å². The van der Waals surface area contributed by atoms with E-state index in [1.54, 1.807) is 0 Å². The Labute approximate surface area is 301 Å². The zero-order valence-electron chi connectivity index (χ0n) is 27.9. The van der Waals surface area contributed by atoms with E-state index in [4.69, 9.17) is 4.98 Å². The number of nitrogens with zero attached hydrogens (tertiary/aromatic N) is 4. The van der Waals surface area contributed by atoms with Crippen molar-refractivity contribution in [1.29, 1.82) is 0 Å². The monoisotopic (exact) mass is 680 g/mol. The lowest BCUT2D eigenvalue weighted by atomic mass is 10.1. The van der Waals surface area contributed by atoms with Gasteiger partial charge in [-0.2, -0.15) is 0 Å². The topological polar surface area (TPSA) is 27.7 Å². The van der Waals surface area contributed by atoms with E-state index in [1.807, 2.05) is 17.5 Å². The van der Waals surface area contributed by atoms with Crippen molar-refractivity contribution in [2.45, 2.75) is 0 Å². The minimum Gasteiger partial charge on any atom is -0.309 e. The summed E-state index contributed by atoms with van der Waals surface area (Å²) < 4.78 is 9.62. The van der Waals surface area contributed by atoms with E-state index in [2.05, 4.69) is 177 Å². The molecule has 0 N–H and O–H groups in total. The van der Waals surface area contributed by atoms with Gasteiger partial charge >= 0.3 is 0 Å². The highest BCUT2D eigenvalue weighted by Gasteiger charge is 2.20. The Morgan fingerprint density at radius 2 is 0.769 bits per heavy atom. The Morgan fingerprint density at radius 1 is 0.346 bits per heavy atom. The van der Waals surface area contributed by atoms with Crippen LogP contribution in [0, 0.1) is 0 Å². The van der Waals surface area contributed by atoms with E-state index in [0.29, 0.717) is 0 Å². The minimum atomic E-state index is 0.979. The number of pyridine rings is 1. The molecule has 0 aliphatic carbocycles. The standard InChI is InChI=1S/C47H28N4S/c1-6-16-39-31(11-1)32-12-2-7-17-40(32)49(39)29-21-23-44-37(27-29)35-15-5-8-18-41(35)50(44)30-22-24-45-38(28-30)36-25-26-48-47(46(36)52-45)51-42-19-9-3-13-33(42)34-14-4-10-20-43(34)51/h1-28H. The predicted molar refractivity (Wildman–Crippen MR) is 220 cm³/mol. The smallest absolute Gasteiger partial charge is 0.155 e. The molecule has 0 bridgehead atoms. The second-order valence-corrected chi connectivity index (χ2v) is 14.6. The van der Waals surface area contributed by atoms with Crippen molar-refractivity contribution in [1.82, 2.24) is 18.7 Å². The lowest BCUT2D eigenvalue weighted by molar-refractivity contribution is 1.11. The molecule has 0 spiro atoms. The van der Waals surface area contributed by atoms with Crippen molar-refractivity contribution in [3.63, 3.8) is 0 Å². The summed E-state index contributed by atoms with van der Waals surface area (Å²) >= 11 is 1.82. The number of thiophene rings is 1. The van der Waals surface area contributed by atoms with E-state index in [-0.39, 0.29) is 0 Å². The maximum atomic E-state index is 5.03. The van der Waals surface area contributed by atoms with E-state index >= 15 is 0 Å². The average molecular weight is 681 g/mol. The van der Waals surface area contributed by atoms with Crippen molar-refractivity contribution in [2.75, 3.05) is 0 Å². The Morgan fingerprint density at radius 3 is 1.31 bits per heavy atom. The lowest BCUT2D eigenvalue weighted by Gasteiger charge is -2.11. The van der Waals surface area contributed by atoms with E-state index < -0.39 is 0 Å². The van der Waals surface area contributed by atoms with Crippen LogP contribution in [0.4, 0.5) is 0 Å². The van der Waals surface area contributed by atoms with Crippen molar-refractivity contribution in [3.8, 4) is 17.2 Å². The van der Waals surface area contributed by atoms with Gasteiger partial charge in [-0.25, -0.2) is 4.98 Å². The molecule has 0 aliphatic rings. The Bertz CT molecular complexity index is 3320. The molecule has 0 radical (unpaired) electrons. The second kappa shape index (κ2) is 10.4. The fraction of sp³-hybridized carbons (Fsp3) is 0. The van der Waals surface area contributed by atoms with Gasteiger partial charge in [0.05, 0.1) is 37.8 Å². The second-order valence-electron chi connectivity index (χ2n) is 13.6. The van der Waals surface area contributed by atoms with Crippen LogP contribution in [0.15, 0.2) is 170 Å². The third kappa shape index (κ3) is 3.72. The van der Waals surface area contributed by atoms with Gasteiger partial charge in [-0.3, -0.25) is 4.57 Å². The molecule has 4 nitrogen and oxygen atoms in total. The number of hydrogen-bond acceptors (Lipinski definition) is 2. The van der Waals surface area contributed by atoms with E-state index in [9.17, 15) is 0 Å². The fourth-order valence-corrected chi connectivity index (χ4v) is 9.86. The summed E-state index contributed by atoms with van der Waals surface area (Å²) in [5.74, 6) is 0.979. The lowest BCUT2D eigenvalue weighted by Crippen LogP contribution is -1.97. The Balaban J connectivity index is 1.08. The number of hydrogen-bond donors (Lipinski definition) is 0. The van der Waals surface area contributed by atoms with Gasteiger partial charge in [0.2, 0.25) is 0 Å². The first-order chi connectivity index (χ1) is 25.8. The van der Waals surface area contributed by atoms with Gasteiger partial charge in [-0.05, 0) is 72.8 Å². The summed E-state index contributed by atoms with van der Waals surface area (Å²) in [6.07, 6.45) is 1.97. The molecule has 12 aromatic rings. The molecule has 52 heavy (non-hydrogen) atoms. The van der Waals surface area contributed by atoms with E-state index in [0.717, 1.165) is 17.2 Å². The van der Waals surface area contributed by atoms with Crippen LogP contribution < -0.4 is 0 Å². The zero-order chi connectivity index (χ0) is 33.9. The number of benzene rings is 7. The molecule has 12 rings (SSSR count). The van der Waals surface area contributed by atoms with Gasteiger partial charge < -0.3 is 9.13 Å². The predicted octanol–water partition coefficient (Wildman–Crippen LogP) is 12.7. The van der Waals surface area contributed by atoms with Crippen LogP contribution in [0.25, 0.3) is 103 Å². The number of para-hydroxylation sites is 5. The van der Waals surface area contributed by atoms with Gasteiger partial charge in [0.1, 0.15) is 0 Å². The molecule has 7 aromatic carbocycles. The zero-order valence-corrected chi connectivity index (χ0v) is 28.7.